The maximum Gasteiger partial charge on any atom is 0.289 e. The van der Waals surface area contributed by atoms with Crippen molar-refractivity contribution in [3.8, 4) is 5.19 Å². The molecule has 0 N–H and O–H groups in total. The van der Waals surface area contributed by atoms with Crippen molar-refractivity contribution in [1.29, 1.82) is 0 Å². The molecule has 0 spiro atoms. The Labute approximate surface area is 165 Å². The molecule has 2 fully saturated rings. The molecule has 0 aliphatic carbocycles. The molecular formula is C18H22BrN3O3S. The van der Waals surface area contributed by atoms with Gasteiger partial charge in [0.2, 0.25) is 0 Å². The summed E-state index contributed by atoms with van der Waals surface area (Å²) in [6.45, 7) is 3.69. The number of furan rings is 1. The summed E-state index contributed by atoms with van der Waals surface area (Å²) in [7, 11) is 0. The molecule has 1 amide bonds. The fraction of sp³-hybridized carbons (Fsp3) is 0.556. The Morgan fingerprint density at radius 3 is 2.58 bits per heavy atom. The number of rotatable bonds is 4. The summed E-state index contributed by atoms with van der Waals surface area (Å²) in [5, 5.41) is 2.72. The van der Waals surface area contributed by atoms with Crippen LogP contribution in [0.4, 0.5) is 0 Å². The standard InChI is InChI=1S/C18H22BrN3O3S/c19-16-2-1-15(25-16)17(23)22-8-3-13(4-9-22)21-10-5-14(6-11-21)24-18-20-7-12-26-18/h1-2,7,12-14H,3-6,8-11H2. The van der Waals surface area contributed by atoms with Crippen LogP contribution in [-0.4, -0.2) is 59.0 Å². The molecule has 0 radical (unpaired) electrons. The zero-order chi connectivity index (χ0) is 17.9. The molecule has 2 saturated heterocycles. The molecular weight excluding hydrogens is 418 g/mol. The highest BCUT2D eigenvalue weighted by atomic mass is 79.9. The Bertz CT molecular complexity index is 720. The largest absolute Gasteiger partial charge is 0.467 e. The normalized spacial score (nSPS) is 20.4. The number of hydrogen-bond acceptors (Lipinski definition) is 6. The fourth-order valence-electron chi connectivity index (χ4n) is 3.79. The van der Waals surface area contributed by atoms with Gasteiger partial charge in [-0.25, -0.2) is 4.98 Å². The van der Waals surface area contributed by atoms with Gasteiger partial charge in [0.1, 0.15) is 6.10 Å². The van der Waals surface area contributed by atoms with Crippen LogP contribution in [0.2, 0.25) is 0 Å². The van der Waals surface area contributed by atoms with E-state index in [0.717, 1.165) is 57.1 Å². The van der Waals surface area contributed by atoms with Crippen molar-refractivity contribution in [2.75, 3.05) is 26.2 Å². The minimum Gasteiger partial charge on any atom is -0.467 e. The van der Waals surface area contributed by atoms with Crippen molar-refractivity contribution in [1.82, 2.24) is 14.8 Å². The third-order valence-electron chi connectivity index (χ3n) is 5.21. The predicted octanol–water partition coefficient (Wildman–Crippen LogP) is 3.65. The number of carbonyl (C=O) groups excluding carboxylic acids is 1. The topological polar surface area (TPSA) is 58.8 Å². The highest BCUT2D eigenvalue weighted by Crippen LogP contribution is 2.25. The van der Waals surface area contributed by atoms with Crippen LogP contribution in [0.3, 0.4) is 0 Å². The van der Waals surface area contributed by atoms with Crippen molar-refractivity contribution >= 4 is 33.2 Å². The van der Waals surface area contributed by atoms with Gasteiger partial charge in [-0.2, -0.15) is 0 Å². The number of thiazole rings is 1. The van der Waals surface area contributed by atoms with E-state index in [1.54, 1.807) is 29.7 Å². The zero-order valence-electron chi connectivity index (χ0n) is 14.5. The Morgan fingerprint density at radius 2 is 1.96 bits per heavy atom. The number of piperidine rings is 2. The SMILES string of the molecule is O=C(c1ccc(Br)o1)N1CCC(N2CCC(Oc3nccs3)CC2)CC1. The van der Waals surface area contributed by atoms with E-state index in [9.17, 15) is 4.79 Å². The highest BCUT2D eigenvalue weighted by Gasteiger charge is 2.31. The molecule has 2 aromatic heterocycles. The van der Waals surface area contributed by atoms with E-state index in [2.05, 4.69) is 25.8 Å². The molecule has 0 bridgehead atoms. The van der Waals surface area contributed by atoms with Gasteiger partial charge in [-0.05, 0) is 53.7 Å². The van der Waals surface area contributed by atoms with Gasteiger partial charge in [-0.15, -0.1) is 0 Å². The molecule has 0 aromatic carbocycles. The van der Waals surface area contributed by atoms with Crippen LogP contribution in [0, 0.1) is 0 Å². The van der Waals surface area contributed by atoms with Crippen molar-refractivity contribution in [2.24, 2.45) is 0 Å². The maximum absolute atomic E-state index is 12.5. The monoisotopic (exact) mass is 439 g/mol. The van der Waals surface area contributed by atoms with Gasteiger partial charge in [0.05, 0.1) is 0 Å². The minimum atomic E-state index is -0.00953. The number of halogens is 1. The van der Waals surface area contributed by atoms with Gasteiger partial charge in [0.15, 0.2) is 10.4 Å². The molecule has 26 heavy (non-hydrogen) atoms. The van der Waals surface area contributed by atoms with Gasteiger partial charge in [0.25, 0.3) is 11.1 Å². The Hall–Kier alpha value is -1.38. The molecule has 2 aliphatic heterocycles. The van der Waals surface area contributed by atoms with Crippen molar-refractivity contribution in [3.63, 3.8) is 0 Å². The summed E-state index contributed by atoms with van der Waals surface area (Å²) < 4.78 is 11.9. The van der Waals surface area contributed by atoms with Gasteiger partial charge < -0.3 is 14.1 Å². The lowest BCUT2D eigenvalue weighted by Gasteiger charge is -2.41. The number of ether oxygens (including phenoxy) is 1. The van der Waals surface area contributed by atoms with Crippen molar-refractivity contribution in [3.05, 3.63) is 34.1 Å². The van der Waals surface area contributed by atoms with E-state index < -0.39 is 0 Å². The van der Waals surface area contributed by atoms with Crippen LogP contribution in [0.1, 0.15) is 36.2 Å². The molecule has 140 valence electrons. The maximum atomic E-state index is 12.5. The van der Waals surface area contributed by atoms with Crippen molar-refractivity contribution in [2.45, 2.75) is 37.8 Å². The van der Waals surface area contributed by atoms with Crippen LogP contribution in [0.25, 0.3) is 0 Å². The summed E-state index contributed by atoms with van der Waals surface area (Å²) in [5.41, 5.74) is 0. The van der Waals surface area contributed by atoms with Crippen LogP contribution in [-0.2, 0) is 0 Å². The average molecular weight is 440 g/mol. The lowest BCUT2D eigenvalue weighted by atomic mass is 9.98. The predicted molar refractivity (Wildman–Crippen MR) is 103 cm³/mol. The average Bonchev–Trinajstić information content (AvgIpc) is 3.34. The summed E-state index contributed by atoms with van der Waals surface area (Å²) in [6, 6.07) is 4.05. The first-order valence-electron chi connectivity index (χ1n) is 9.04. The molecule has 0 saturated carbocycles. The summed E-state index contributed by atoms with van der Waals surface area (Å²) in [6.07, 6.45) is 6.18. The summed E-state index contributed by atoms with van der Waals surface area (Å²) in [4.78, 5) is 21.1. The third-order valence-corrected chi connectivity index (χ3v) is 6.29. The van der Waals surface area contributed by atoms with Crippen LogP contribution in [0.5, 0.6) is 5.19 Å². The summed E-state index contributed by atoms with van der Waals surface area (Å²) in [5.74, 6) is 0.403. The number of amides is 1. The molecule has 2 aliphatic rings. The van der Waals surface area contributed by atoms with Crippen LogP contribution >= 0.6 is 27.3 Å². The second-order valence-corrected chi connectivity index (χ2v) is 8.42. The Kier molecular flexibility index (Phi) is 5.61. The first kappa shape index (κ1) is 18.0. The van der Waals surface area contributed by atoms with E-state index in [1.807, 2.05) is 10.3 Å². The van der Waals surface area contributed by atoms with E-state index >= 15 is 0 Å². The molecule has 2 aromatic rings. The molecule has 8 heteroatoms. The van der Waals surface area contributed by atoms with Crippen molar-refractivity contribution < 1.29 is 13.9 Å². The quantitative estimate of drug-likeness (QED) is 0.727. The minimum absolute atomic E-state index is 0.00953. The van der Waals surface area contributed by atoms with Gasteiger partial charge in [0, 0.05) is 43.8 Å². The zero-order valence-corrected chi connectivity index (χ0v) is 16.9. The van der Waals surface area contributed by atoms with E-state index in [1.165, 1.54) is 0 Å². The highest BCUT2D eigenvalue weighted by molar-refractivity contribution is 9.10. The lowest BCUT2D eigenvalue weighted by Crippen LogP contribution is -2.50. The number of nitrogens with zero attached hydrogens (tertiary/aromatic N) is 3. The summed E-state index contributed by atoms with van der Waals surface area (Å²) >= 11 is 4.80. The Morgan fingerprint density at radius 1 is 1.19 bits per heavy atom. The number of likely N-dealkylation sites (tertiary alicyclic amines) is 2. The molecule has 0 atom stereocenters. The fourth-order valence-corrected chi connectivity index (χ4v) is 4.65. The van der Waals surface area contributed by atoms with Gasteiger partial charge in [-0.3, -0.25) is 9.69 Å². The number of aromatic nitrogens is 1. The van der Waals surface area contributed by atoms with E-state index in [-0.39, 0.29) is 12.0 Å². The van der Waals surface area contributed by atoms with Crippen LogP contribution < -0.4 is 4.74 Å². The first-order valence-corrected chi connectivity index (χ1v) is 10.7. The second kappa shape index (κ2) is 8.10. The molecule has 6 nitrogen and oxygen atoms in total. The number of hydrogen-bond donors (Lipinski definition) is 0. The lowest BCUT2D eigenvalue weighted by molar-refractivity contribution is 0.0410. The smallest absolute Gasteiger partial charge is 0.289 e. The molecule has 4 rings (SSSR count). The Balaban J connectivity index is 1.23. The first-order chi connectivity index (χ1) is 12.7. The van der Waals surface area contributed by atoms with Crippen LogP contribution in [0.15, 0.2) is 32.8 Å². The van der Waals surface area contributed by atoms with Gasteiger partial charge in [-0.1, -0.05) is 11.3 Å². The molecule has 4 heterocycles. The molecule has 0 unspecified atom stereocenters. The number of carbonyl (C=O) groups is 1. The second-order valence-electron chi connectivity index (χ2n) is 6.78. The third kappa shape index (κ3) is 4.13. The van der Waals surface area contributed by atoms with E-state index in [4.69, 9.17) is 9.15 Å². The van der Waals surface area contributed by atoms with E-state index in [0.29, 0.717) is 16.5 Å². The van der Waals surface area contributed by atoms with Gasteiger partial charge >= 0.3 is 0 Å².